The summed E-state index contributed by atoms with van der Waals surface area (Å²) in [5.41, 5.74) is 40.8. The van der Waals surface area contributed by atoms with Gasteiger partial charge in [-0.2, -0.15) is 0 Å². The zero-order valence-electron chi connectivity index (χ0n) is 72.9. The fourth-order valence-corrected chi connectivity index (χ4v) is 20.4. The molecule has 118 heavy (non-hydrogen) atoms. The molecule has 2 aliphatic heterocycles. The van der Waals surface area contributed by atoms with Crippen molar-refractivity contribution >= 4 is 101 Å². The molecule has 20 rings (SSSR count). The molecule has 584 valence electrons. The lowest BCUT2D eigenvalue weighted by atomic mass is 9.33. The molecule has 2 aromatic heterocycles. The summed E-state index contributed by atoms with van der Waals surface area (Å²) in [6.45, 7) is 49.2. The summed E-state index contributed by atoms with van der Waals surface area (Å²) >= 11 is 0. The van der Waals surface area contributed by atoms with E-state index in [1.807, 2.05) is 0 Å². The standard InChI is InChI=1S/C113H109BN4/c1-106(2,3)70-42-38-68(39-43-70)83-58-72(108(7,8)9)46-54-96(83)117-101-64-77(115-98-56-48-74(110(13,14)15)60-86(98)87-61-75(111(16,17)18)49-57-99(87)115)50-52-93(101)114-94-53-51-78(65-102(94)118(104-63-76(112(19,20)21)62-103(117)105(104)114)97-55-47-73(109(10,11)12)59-84(97)69-40-44-71(45-41-69)107(4,5)6)116-95-37-29-25-33-82(95)88-66-85-81-32-24-28-36-91(81)113(92(85)67-100(88)116)89-34-26-22-30-79(89)80-31-23-27-35-90(80)113/h22-67H,1-21H3. The van der Waals surface area contributed by atoms with Crippen molar-refractivity contribution < 1.29 is 0 Å². The van der Waals surface area contributed by atoms with E-state index < -0.39 is 5.41 Å². The number of rotatable bonds is 6. The van der Waals surface area contributed by atoms with Crippen LogP contribution in [0.15, 0.2) is 279 Å². The molecule has 0 radical (unpaired) electrons. The van der Waals surface area contributed by atoms with Crippen LogP contribution < -0.4 is 26.2 Å². The number of hydrogen-bond donors (Lipinski definition) is 0. The summed E-state index contributed by atoms with van der Waals surface area (Å²) in [5, 5.41) is 5.02. The fraction of sp³-hybridized carbons (Fsp3) is 0.257. The van der Waals surface area contributed by atoms with E-state index in [-0.39, 0.29) is 44.6 Å². The molecule has 14 aromatic carbocycles. The zero-order valence-corrected chi connectivity index (χ0v) is 72.9. The van der Waals surface area contributed by atoms with Gasteiger partial charge < -0.3 is 18.9 Å². The van der Waals surface area contributed by atoms with Gasteiger partial charge in [0.25, 0.3) is 6.71 Å². The molecule has 2 aliphatic carbocycles. The van der Waals surface area contributed by atoms with Crippen molar-refractivity contribution in [2.45, 2.75) is 189 Å². The Bertz CT molecular complexity index is 6780. The van der Waals surface area contributed by atoms with E-state index in [0.717, 1.165) is 34.1 Å². The summed E-state index contributed by atoms with van der Waals surface area (Å²) in [4.78, 5) is 5.45. The van der Waals surface area contributed by atoms with E-state index in [1.54, 1.807) is 0 Å². The first-order chi connectivity index (χ1) is 55.9. The van der Waals surface area contributed by atoms with Gasteiger partial charge in [-0.05, 0) is 252 Å². The Labute approximate surface area is 700 Å². The minimum atomic E-state index is -0.532. The fourth-order valence-electron chi connectivity index (χ4n) is 20.4. The van der Waals surface area contributed by atoms with Crippen LogP contribution in [0.5, 0.6) is 0 Å². The lowest BCUT2D eigenvalue weighted by Crippen LogP contribution is -2.61. The van der Waals surface area contributed by atoms with E-state index in [2.05, 4.69) is 443 Å². The van der Waals surface area contributed by atoms with Crippen molar-refractivity contribution in [3.8, 4) is 55.9 Å². The second kappa shape index (κ2) is 25.7. The van der Waals surface area contributed by atoms with Gasteiger partial charge in [-0.15, -0.1) is 0 Å². The normalized spacial score (nSPS) is 14.3. The van der Waals surface area contributed by atoms with Crippen LogP contribution in [0, 0.1) is 0 Å². The minimum Gasteiger partial charge on any atom is -0.311 e. The van der Waals surface area contributed by atoms with E-state index in [4.69, 9.17) is 0 Å². The molecule has 4 aliphatic rings. The van der Waals surface area contributed by atoms with E-state index >= 15 is 0 Å². The van der Waals surface area contributed by atoms with Crippen LogP contribution in [-0.4, -0.2) is 15.8 Å². The maximum absolute atomic E-state index is 2.73. The van der Waals surface area contributed by atoms with Crippen LogP contribution in [0.2, 0.25) is 0 Å². The quantitative estimate of drug-likeness (QED) is 0.154. The second-order valence-corrected chi connectivity index (χ2v) is 41.8. The molecule has 0 bridgehead atoms. The van der Waals surface area contributed by atoms with Gasteiger partial charge in [0.1, 0.15) is 0 Å². The maximum Gasteiger partial charge on any atom is 0.252 e. The van der Waals surface area contributed by atoms with Crippen LogP contribution in [0.1, 0.15) is 207 Å². The molecule has 0 amide bonds. The first-order valence-corrected chi connectivity index (χ1v) is 43.0. The van der Waals surface area contributed by atoms with Crippen LogP contribution in [-0.2, 0) is 43.3 Å². The average molecular weight is 1530 g/mol. The molecular weight excluding hydrogens is 1420 g/mol. The molecule has 1 spiro atoms. The molecule has 5 heteroatoms. The van der Waals surface area contributed by atoms with Gasteiger partial charge >= 0.3 is 0 Å². The molecule has 0 atom stereocenters. The van der Waals surface area contributed by atoms with Crippen molar-refractivity contribution in [1.29, 1.82) is 0 Å². The van der Waals surface area contributed by atoms with Crippen molar-refractivity contribution in [1.82, 2.24) is 9.13 Å². The summed E-state index contributed by atoms with van der Waals surface area (Å²) in [6.07, 6.45) is 0. The van der Waals surface area contributed by atoms with Gasteiger partial charge in [0, 0.05) is 66.8 Å². The van der Waals surface area contributed by atoms with Crippen LogP contribution >= 0.6 is 0 Å². The number of aromatic nitrogens is 2. The van der Waals surface area contributed by atoms with Gasteiger partial charge in [-0.25, -0.2) is 0 Å². The predicted octanol–water partition coefficient (Wildman–Crippen LogP) is 28.7. The number of para-hydroxylation sites is 1. The van der Waals surface area contributed by atoms with Gasteiger partial charge in [0.05, 0.1) is 38.9 Å². The summed E-state index contributed by atoms with van der Waals surface area (Å²) < 4.78 is 5.20. The Morgan fingerprint density at radius 1 is 0.220 bits per heavy atom. The number of hydrogen-bond acceptors (Lipinski definition) is 2. The highest BCUT2D eigenvalue weighted by atomic mass is 15.2. The van der Waals surface area contributed by atoms with Gasteiger partial charge in [0.2, 0.25) is 0 Å². The van der Waals surface area contributed by atoms with Crippen molar-refractivity contribution in [3.05, 3.63) is 340 Å². The number of fused-ring (bicyclic) bond motifs is 20. The van der Waals surface area contributed by atoms with Crippen molar-refractivity contribution in [2.24, 2.45) is 0 Å². The summed E-state index contributed by atoms with van der Waals surface area (Å²) in [7, 11) is 0. The third kappa shape index (κ3) is 11.4. The Hall–Kier alpha value is -11.7. The van der Waals surface area contributed by atoms with Crippen molar-refractivity contribution in [2.75, 3.05) is 9.80 Å². The topological polar surface area (TPSA) is 16.3 Å². The van der Waals surface area contributed by atoms with E-state index in [9.17, 15) is 0 Å². The Morgan fingerprint density at radius 2 is 0.568 bits per heavy atom. The highest BCUT2D eigenvalue weighted by molar-refractivity contribution is 7.00. The third-order valence-corrected chi connectivity index (χ3v) is 27.0. The summed E-state index contributed by atoms with van der Waals surface area (Å²) in [6, 6.07) is 111. The highest BCUT2D eigenvalue weighted by Gasteiger charge is 2.53. The molecule has 16 aromatic rings. The lowest BCUT2D eigenvalue weighted by molar-refractivity contribution is 0.589. The number of nitrogens with zero attached hydrogens (tertiary/aromatic N) is 4. The molecule has 4 nitrogen and oxygen atoms in total. The Balaban J connectivity index is 0.913. The maximum atomic E-state index is 2.73. The first kappa shape index (κ1) is 75.1. The lowest BCUT2D eigenvalue weighted by Gasteiger charge is -2.46. The molecule has 0 N–H and O–H groups in total. The zero-order chi connectivity index (χ0) is 82.4. The molecular formula is C113H109BN4. The van der Waals surface area contributed by atoms with Gasteiger partial charge in [0.15, 0.2) is 0 Å². The van der Waals surface area contributed by atoms with Gasteiger partial charge in [-0.3, -0.25) is 0 Å². The monoisotopic (exact) mass is 1530 g/mol. The van der Waals surface area contributed by atoms with Crippen LogP contribution in [0.3, 0.4) is 0 Å². The molecule has 0 saturated carbocycles. The molecule has 4 heterocycles. The Kier molecular flexibility index (Phi) is 16.3. The van der Waals surface area contributed by atoms with Crippen LogP contribution in [0.4, 0.5) is 34.1 Å². The third-order valence-electron chi connectivity index (χ3n) is 27.0. The molecule has 0 saturated heterocycles. The SMILES string of the molecule is CC(C)(C)c1ccc(-c2cc(C(C)(C)C)ccc2N2c3cc(-n4c5ccc(C(C)(C)C)cc5c5cc(C(C)(C)C)ccc54)ccc3B3c4ccc(-n5c6ccccc6c6cc7c(cc65)C5(c6ccccc6-c6ccccc65)c5ccccc5-7)cc4N(c4ccc(C(C)(C)C)cc4-c4ccc(C(C)(C)C)cc4)c4cc(C(C)(C)C)cc2c43)cc1. The second-order valence-electron chi connectivity index (χ2n) is 41.8. The van der Waals surface area contributed by atoms with Crippen molar-refractivity contribution in [3.63, 3.8) is 0 Å². The highest BCUT2D eigenvalue weighted by Crippen LogP contribution is 2.64. The predicted molar refractivity (Wildman–Crippen MR) is 507 cm³/mol. The first-order valence-electron chi connectivity index (χ1n) is 43.0. The summed E-state index contributed by atoms with van der Waals surface area (Å²) in [5.74, 6) is 0. The number of anilines is 6. The van der Waals surface area contributed by atoms with E-state index in [1.165, 1.54) is 177 Å². The number of benzene rings is 14. The van der Waals surface area contributed by atoms with E-state index in [0.29, 0.717) is 0 Å². The smallest absolute Gasteiger partial charge is 0.252 e. The van der Waals surface area contributed by atoms with Crippen LogP contribution in [0.25, 0.3) is 99.5 Å². The average Bonchev–Trinajstić information content (AvgIpc) is 1.46. The molecule has 0 fully saturated rings. The minimum absolute atomic E-state index is 0.0320. The Morgan fingerprint density at radius 3 is 0.992 bits per heavy atom. The largest absolute Gasteiger partial charge is 0.311 e. The molecule has 0 unspecified atom stereocenters. The van der Waals surface area contributed by atoms with Gasteiger partial charge in [-0.1, -0.05) is 321 Å².